The summed E-state index contributed by atoms with van der Waals surface area (Å²) in [6, 6.07) is 0.437. The summed E-state index contributed by atoms with van der Waals surface area (Å²) in [4.78, 5) is 13.7. The van der Waals surface area contributed by atoms with E-state index in [1.54, 1.807) is 0 Å². The zero-order chi connectivity index (χ0) is 10.1. The Morgan fingerprint density at radius 3 is 2.62 bits per heavy atom. The van der Waals surface area contributed by atoms with Crippen LogP contribution in [-0.2, 0) is 0 Å². The first-order valence-corrected chi connectivity index (χ1v) is 5.93. The molecule has 0 aromatic heterocycles. The van der Waals surface area contributed by atoms with Crippen molar-refractivity contribution in [2.75, 3.05) is 5.75 Å². The third kappa shape index (κ3) is 2.19. The molecular formula is C10H19NOS. The Balaban J connectivity index is 2.46. The predicted molar refractivity (Wildman–Crippen MR) is 58.1 cm³/mol. The minimum absolute atomic E-state index is 0.0945. The summed E-state index contributed by atoms with van der Waals surface area (Å²) in [6.45, 7) is 8.50. The lowest BCUT2D eigenvalue weighted by Gasteiger charge is -2.53. The molecule has 3 heteroatoms. The molecule has 1 fully saturated rings. The Hall–Kier alpha value is -0.180. The number of nitrogens with zero attached hydrogens (tertiary/aromatic N) is 1. The second-order valence-electron chi connectivity index (χ2n) is 4.35. The van der Waals surface area contributed by atoms with Gasteiger partial charge in [-0.2, -0.15) is 0 Å². The maximum Gasteiger partial charge on any atom is 0.282 e. The van der Waals surface area contributed by atoms with Gasteiger partial charge in [-0.1, -0.05) is 18.7 Å². The second-order valence-corrected chi connectivity index (χ2v) is 5.40. The summed E-state index contributed by atoms with van der Waals surface area (Å²) in [7, 11) is 0. The number of amides is 1. The van der Waals surface area contributed by atoms with Crippen molar-refractivity contribution in [2.24, 2.45) is 0 Å². The molecule has 76 valence electrons. The summed E-state index contributed by atoms with van der Waals surface area (Å²) in [5.74, 6) is 0.943. The van der Waals surface area contributed by atoms with Gasteiger partial charge in [0.2, 0.25) is 0 Å². The highest BCUT2D eigenvalue weighted by molar-refractivity contribution is 8.13. The fraction of sp³-hybridized carbons (Fsp3) is 0.900. The van der Waals surface area contributed by atoms with Gasteiger partial charge in [-0.25, -0.2) is 0 Å². The molecule has 13 heavy (non-hydrogen) atoms. The summed E-state index contributed by atoms with van der Waals surface area (Å²) < 4.78 is 0. The van der Waals surface area contributed by atoms with Crippen LogP contribution >= 0.6 is 11.8 Å². The van der Waals surface area contributed by atoms with Crippen molar-refractivity contribution in [3.8, 4) is 0 Å². The number of rotatable bonds is 2. The smallest absolute Gasteiger partial charge is 0.282 e. The number of likely N-dealkylation sites (tertiary alicyclic amines) is 1. The van der Waals surface area contributed by atoms with Gasteiger partial charge in [0.25, 0.3) is 5.24 Å². The molecule has 0 aromatic carbocycles. The SMILES string of the molecule is CCCSC(=O)N1C(C)CC1(C)C. The largest absolute Gasteiger partial charge is 0.326 e. The molecule has 1 atom stereocenters. The first-order valence-electron chi connectivity index (χ1n) is 4.95. The normalized spacial score (nSPS) is 25.5. The van der Waals surface area contributed by atoms with Crippen molar-refractivity contribution >= 4 is 17.0 Å². The fourth-order valence-electron chi connectivity index (χ4n) is 2.08. The predicted octanol–water partition coefficient (Wildman–Crippen LogP) is 3.12. The molecule has 1 rings (SSSR count). The second kappa shape index (κ2) is 3.91. The first kappa shape index (κ1) is 10.9. The third-order valence-electron chi connectivity index (χ3n) is 2.51. The van der Waals surface area contributed by atoms with Crippen LogP contribution in [0.25, 0.3) is 0 Å². The number of thioether (sulfide) groups is 1. The third-order valence-corrected chi connectivity index (χ3v) is 3.57. The van der Waals surface area contributed by atoms with Gasteiger partial charge in [-0.3, -0.25) is 4.79 Å². The van der Waals surface area contributed by atoms with E-state index in [0.717, 1.165) is 18.6 Å². The van der Waals surface area contributed by atoms with Crippen LogP contribution in [0.1, 0.15) is 40.5 Å². The highest BCUT2D eigenvalue weighted by Crippen LogP contribution is 2.38. The van der Waals surface area contributed by atoms with E-state index in [-0.39, 0.29) is 10.8 Å². The molecule has 0 aliphatic carbocycles. The van der Waals surface area contributed by atoms with Crippen LogP contribution in [0.5, 0.6) is 0 Å². The van der Waals surface area contributed by atoms with Gasteiger partial charge in [0.15, 0.2) is 0 Å². The van der Waals surface area contributed by atoms with Crippen LogP contribution in [0.15, 0.2) is 0 Å². The van der Waals surface area contributed by atoms with Gasteiger partial charge >= 0.3 is 0 Å². The monoisotopic (exact) mass is 201 g/mol. The Morgan fingerprint density at radius 1 is 1.62 bits per heavy atom. The van der Waals surface area contributed by atoms with Gasteiger partial charge in [-0.05, 0) is 33.6 Å². The quantitative estimate of drug-likeness (QED) is 0.684. The standard InChI is InChI=1S/C10H19NOS/c1-5-6-13-9(12)11-8(2)7-10(11,3)4/h8H,5-7H2,1-4H3. The van der Waals surface area contributed by atoms with Crippen molar-refractivity contribution in [1.29, 1.82) is 0 Å². The minimum Gasteiger partial charge on any atom is -0.326 e. The Labute approximate surface area is 85.1 Å². The Morgan fingerprint density at radius 2 is 2.23 bits per heavy atom. The van der Waals surface area contributed by atoms with Crippen LogP contribution in [0.2, 0.25) is 0 Å². The lowest BCUT2D eigenvalue weighted by atomic mass is 9.83. The molecule has 1 aliphatic heterocycles. The van der Waals surface area contributed by atoms with E-state index >= 15 is 0 Å². The van der Waals surface area contributed by atoms with Crippen molar-refractivity contribution in [3.05, 3.63) is 0 Å². The van der Waals surface area contributed by atoms with Crippen molar-refractivity contribution in [1.82, 2.24) is 4.90 Å². The van der Waals surface area contributed by atoms with Crippen LogP contribution in [-0.4, -0.2) is 27.5 Å². The lowest BCUT2D eigenvalue weighted by molar-refractivity contribution is 0.0135. The molecule has 0 radical (unpaired) electrons. The maximum absolute atomic E-state index is 11.7. The van der Waals surface area contributed by atoms with Gasteiger partial charge in [0.05, 0.1) is 0 Å². The van der Waals surface area contributed by atoms with E-state index in [9.17, 15) is 4.79 Å². The molecule has 1 unspecified atom stereocenters. The zero-order valence-corrected chi connectivity index (χ0v) is 9.78. The summed E-state index contributed by atoms with van der Waals surface area (Å²) in [5, 5.41) is 0.255. The van der Waals surface area contributed by atoms with E-state index in [2.05, 4.69) is 27.7 Å². The van der Waals surface area contributed by atoms with E-state index < -0.39 is 0 Å². The van der Waals surface area contributed by atoms with Crippen LogP contribution in [0, 0.1) is 0 Å². The van der Waals surface area contributed by atoms with E-state index in [1.807, 2.05) is 4.90 Å². The molecule has 1 saturated heterocycles. The van der Waals surface area contributed by atoms with Gasteiger partial charge in [-0.15, -0.1) is 0 Å². The zero-order valence-electron chi connectivity index (χ0n) is 8.96. The number of hydrogen-bond donors (Lipinski definition) is 0. The van der Waals surface area contributed by atoms with Crippen molar-refractivity contribution in [2.45, 2.75) is 52.1 Å². The molecule has 0 spiro atoms. The number of carbonyl (C=O) groups excluding carboxylic acids is 1. The molecule has 1 amide bonds. The van der Waals surface area contributed by atoms with Crippen molar-refractivity contribution < 1.29 is 4.79 Å². The maximum atomic E-state index is 11.7. The van der Waals surface area contributed by atoms with Gasteiger partial charge in [0.1, 0.15) is 0 Å². The fourth-order valence-corrected chi connectivity index (χ4v) is 3.03. The van der Waals surface area contributed by atoms with Crippen LogP contribution < -0.4 is 0 Å². The molecule has 2 nitrogen and oxygen atoms in total. The molecule has 0 aromatic rings. The molecule has 1 aliphatic rings. The summed E-state index contributed by atoms with van der Waals surface area (Å²) in [6.07, 6.45) is 2.20. The van der Waals surface area contributed by atoms with E-state index in [0.29, 0.717) is 6.04 Å². The van der Waals surface area contributed by atoms with E-state index in [1.165, 1.54) is 11.8 Å². The Bertz CT molecular complexity index is 203. The molecule has 0 N–H and O–H groups in total. The van der Waals surface area contributed by atoms with Gasteiger partial charge in [0, 0.05) is 17.3 Å². The number of carbonyl (C=O) groups is 1. The van der Waals surface area contributed by atoms with Gasteiger partial charge < -0.3 is 4.90 Å². The number of hydrogen-bond acceptors (Lipinski definition) is 2. The molecule has 0 bridgehead atoms. The average Bonchev–Trinajstić information content (AvgIpc) is 1.98. The van der Waals surface area contributed by atoms with Crippen LogP contribution in [0.4, 0.5) is 4.79 Å². The highest BCUT2D eigenvalue weighted by Gasteiger charge is 2.45. The molecule has 1 heterocycles. The first-order chi connectivity index (χ1) is 5.99. The summed E-state index contributed by atoms with van der Waals surface area (Å²) in [5.41, 5.74) is 0.0945. The molecular weight excluding hydrogens is 182 g/mol. The topological polar surface area (TPSA) is 20.3 Å². The van der Waals surface area contributed by atoms with Crippen LogP contribution in [0.3, 0.4) is 0 Å². The lowest BCUT2D eigenvalue weighted by Crippen LogP contribution is -2.62. The Kier molecular flexibility index (Phi) is 3.28. The minimum atomic E-state index is 0.0945. The van der Waals surface area contributed by atoms with Crippen molar-refractivity contribution in [3.63, 3.8) is 0 Å². The average molecular weight is 201 g/mol. The summed E-state index contributed by atoms with van der Waals surface area (Å²) >= 11 is 1.45. The molecule has 0 saturated carbocycles. The van der Waals surface area contributed by atoms with E-state index in [4.69, 9.17) is 0 Å². The highest BCUT2D eigenvalue weighted by atomic mass is 32.2.